The van der Waals surface area contributed by atoms with E-state index in [1.54, 1.807) is 18.2 Å². The van der Waals surface area contributed by atoms with Crippen molar-refractivity contribution in [2.24, 2.45) is 0 Å². The van der Waals surface area contributed by atoms with Gasteiger partial charge in [0.1, 0.15) is 0 Å². The van der Waals surface area contributed by atoms with Crippen molar-refractivity contribution < 1.29 is 23.0 Å². The van der Waals surface area contributed by atoms with Crippen LogP contribution < -0.4 is 14.2 Å². The summed E-state index contributed by atoms with van der Waals surface area (Å²) >= 11 is 5.56. The van der Waals surface area contributed by atoms with Gasteiger partial charge in [0.25, 0.3) is 0 Å². The zero-order valence-electron chi connectivity index (χ0n) is 11.5. The largest absolute Gasteiger partial charge is 0.493 e. The standard InChI is InChI=1S/C15H13ClF2O3/c1-19-12-4-3-5-13(20-2)15(12)21-14-10(17)6-9(8-16)7-11(14)18/h3-7H,8H2,1-2H3. The Labute approximate surface area is 126 Å². The Balaban J connectivity index is 2.48. The van der Waals surface area contributed by atoms with Crippen LogP contribution in [0, 0.1) is 11.6 Å². The summed E-state index contributed by atoms with van der Waals surface area (Å²) in [6.07, 6.45) is 0. The first-order valence-electron chi connectivity index (χ1n) is 6.03. The minimum absolute atomic E-state index is 0.00605. The Hall–Kier alpha value is -2.01. The highest BCUT2D eigenvalue weighted by molar-refractivity contribution is 6.17. The lowest BCUT2D eigenvalue weighted by atomic mass is 10.2. The Morgan fingerprint density at radius 2 is 1.48 bits per heavy atom. The van der Waals surface area contributed by atoms with Crippen LogP contribution in [0.3, 0.4) is 0 Å². The summed E-state index contributed by atoms with van der Waals surface area (Å²) < 4.78 is 43.5. The second-order valence-corrected chi connectivity index (χ2v) is 4.38. The average molecular weight is 315 g/mol. The third kappa shape index (κ3) is 3.19. The summed E-state index contributed by atoms with van der Waals surface area (Å²) in [5.74, 6) is -1.53. The molecule has 0 N–H and O–H groups in total. The Kier molecular flexibility index (Phi) is 4.85. The van der Waals surface area contributed by atoms with Crippen LogP contribution in [-0.2, 0) is 5.88 Å². The van der Waals surface area contributed by atoms with Crippen LogP contribution in [0.4, 0.5) is 8.78 Å². The number of hydrogen-bond acceptors (Lipinski definition) is 3. The predicted octanol–water partition coefficient (Wildman–Crippen LogP) is 4.51. The van der Waals surface area contributed by atoms with Gasteiger partial charge in [0, 0.05) is 5.88 Å². The molecule has 21 heavy (non-hydrogen) atoms. The van der Waals surface area contributed by atoms with E-state index < -0.39 is 17.4 Å². The molecule has 0 radical (unpaired) electrons. The summed E-state index contributed by atoms with van der Waals surface area (Å²) in [4.78, 5) is 0. The molecule has 0 unspecified atom stereocenters. The molecule has 0 aliphatic rings. The van der Waals surface area contributed by atoms with Crippen LogP contribution in [-0.4, -0.2) is 14.2 Å². The van der Waals surface area contributed by atoms with Gasteiger partial charge in [-0.05, 0) is 29.8 Å². The molecule has 0 amide bonds. The van der Waals surface area contributed by atoms with Gasteiger partial charge in [-0.1, -0.05) is 6.07 Å². The smallest absolute Gasteiger partial charge is 0.211 e. The first-order valence-corrected chi connectivity index (χ1v) is 6.57. The third-order valence-corrected chi connectivity index (χ3v) is 3.11. The van der Waals surface area contributed by atoms with E-state index in [1.807, 2.05) is 0 Å². The molecule has 0 aliphatic heterocycles. The molecule has 0 heterocycles. The second-order valence-electron chi connectivity index (χ2n) is 4.12. The highest BCUT2D eigenvalue weighted by atomic mass is 35.5. The van der Waals surface area contributed by atoms with Gasteiger partial charge in [-0.25, -0.2) is 8.78 Å². The molecule has 3 nitrogen and oxygen atoms in total. The minimum atomic E-state index is -0.849. The van der Waals surface area contributed by atoms with Crippen molar-refractivity contribution in [1.82, 2.24) is 0 Å². The molecule has 0 spiro atoms. The zero-order valence-corrected chi connectivity index (χ0v) is 12.2. The van der Waals surface area contributed by atoms with E-state index in [0.717, 1.165) is 12.1 Å². The van der Waals surface area contributed by atoms with Crippen molar-refractivity contribution in [2.45, 2.75) is 5.88 Å². The summed E-state index contributed by atoms with van der Waals surface area (Å²) in [5, 5.41) is 0. The summed E-state index contributed by atoms with van der Waals surface area (Å²) in [6, 6.07) is 7.11. The molecule has 112 valence electrons. The van der Waals surface area contributed by atoms with Gasteiger partial charge >= 0.3 is 0 Å². The van der Waals surface area contributed by atoms with Crippen LogP contribution >= 0.6 is 11.6 Å². The zero-order chi connectivity index (χ0) is 15.4. The molecule has 2 rings (SSSR count). The molecule has 0 saturated heterocycles. The van der Waals surface area contributed by atoms with Crippen molar-refractivity contribution in [3.8, 4) is 23.0 Å². The molecule has 0 atom stereocenters. The molecule has 2 aromatic carbocycles. The van der Waals surface area contributed by atoms with E-state index in [4.69, 9.17) is 25.8 Å². The number of benzene rings is 2. The number of rotatable bonds is 5. The van der Waals surface area contributed by atoms with Gasteiger partial charge in [-0.2, -0.15) is 0 Å². The van der Waals surface area contributed by atoms with Crippen molar-refractivity contribution in [3.63, 3.8) is 0 Å². The molecule has 0 aliphatic carbocycles. The lowest BCUT2D eigenvalue weighted by molar-refractivity contribution is 0.331. The van der Waals surface area contributed by atoms with Crippen molar-refractivity contribution in [2.75, 3.05) is 14.2 Å². The SMILES string of the molecule is COc1cccc(OC)c1Oc1c(F)cc(CCl)cc1F. The number of alkyl halides is 1. The highest BCUT2D eigenvalue weighted by Gasteiger charge is 2.18. The Morgan fingerprint density at radius 1 is 0.952 bits per heavy atom. The fraction of sp³-hybridized carbons (Fsp3) is 0.200. The van der Waals surface area contributed by atoms with Crippen molar-refractivity contribution >= 4 is 11.6 Å². The Bertz CT molecular complexity index is 602. The number of halogens is 3. The van der Waals surface area contributed by atoms with E-state index in [1.165, 1.54) is 14.2 Å². The topological polar surface area (TPSA) is 27.7 Å². The van der Waals surface area contributed by atoms with Gasteiger partial charge in [0.2, 0.25) is 5.75 Å². The lowest BCUT2D eigenvalue weighted by Gasteiger charge is -2.15. The normalized spacial score (nSPS) is 10.3. The van der Waals surface area contributed by atoms with E-state index in [9.17, 15) is 8.78 Å². The monoisotopic (exact) mass is 314 g/mol. The highest BCUT2D eigenvalue weighted by Crippen LogP contribution is 2.41. The van der Waals surface area contributed by atoms with Gasteiger partial charge in [-0.15, -0.1) is 11.6 Å². The van der Waals surface area contributed by atoms with Gasteiger partial charge in [0.05, 0.1) is 14.2 Å². The second kappa shape index (κ2) is 6.63. The van der Waals surface area contributed by atoms with Crippen LogP contribution in [0.1, 0.15) is 5.56 Å². The molecular weight excluding hydrogens is 302 g/mol. The minimum Gasteiger partial charge on any atom is -0.493 e. The molecule has 0 bridgehead atoms. The Morgan fingerprint density at radius 3 is 1.90 bits per heavy atom. The third-order valence-electron chi connectivity index (χ3n) is 2.80. The molecular formula is C15H13ClF2O3. The van der Waals surface area contributed by atoms with Gasteiger partial charge < -0.3 is 14.2 Å². The fourth-order valence-electron chi connectivity index (χ4n) is 1.81. The summed E-state index contributed by atoms with van der Waals surface area (Å²) in [5.41, 5.74) is 0.325. The maximum Gasteiger partial charge on any atom is 0.211 e. The quantitative estimate of drug-likeness (QED) is 0.760. The van der Waals surface area contributed by atoms with Crippen LogP contribution in [0.25, 0.3) is 0 Å². The molecule has 0 saturated carbocycles. The molecule has 0 aromatic heterocycles. The van der Waals surface area contributed by atoms with E-state index in [0.29, 0.717) is 17.1 Å². The summed E-state index contributed by atoms with van der Waals surface area (Å²) in [6.45, 7) is 0. The predicted molar refractivity (Wildman–Crippen MR) is 75.5 cm³/mol. The number of ether oxygens (including phenoxy) is 3. The van der Waals surface area contributed by atoms with E-state index >= 15 is 0 Å². The van der Waals surface area contributed by atoms with Crippen molar-refractivity contribution in [1.29, 1.82) is 0 Å². The van der Waals surface area contributed by atoms with E-state index in [-0.39, 0.29) is 11.6 Å². The maximum absolute atomic E-state index is 13.9. The van der Waals surface area contributed by atoms with Crippen LogP contribution in [0.15, 0.2) is 30.3 Å². The van der Waals surface area contributed by atoms with Gasteiger partial charge in [0.15, 0.2) is 28.9 Å². The molecule has 6 heteroatoms. The van der Waals surface area contributed by atoms with Gasteiger partial charge in [-0.3, -0.25) is 0 Å². The molecule has 0 fully saturated rings. The van der Waals surface area contributed by atoms with E-state index in [2.05, 4.69) is 0 Å². The van der Waals surface area contributed by atoms with Crippen molar-refractivity contribution in [3.05, 3.63) is 47.5 Å². The number of hydrogen-bond donors (Lipinski definition) is 0. The fourth-order valence-corrected chi connectivity index (χ4v) is 1.96. The average Bonchev–Trinajstić information content (AvgIpc) is 2.50. The maximum atomic E-state index is 13.9. The lowest BCUT2D eigenvalue weighted by Crippen LogP contribution is -1.98. The summed E-state index contributed by atoms with van der Waals surface area (Å²) in [7, 11) is 2.84. The van der Waals surface area contributed by atoms with Crippen LogP contribution in [0.5, 0.6) is 23.0 Å². The molecule has 2 aromatic rings. The first-order chi connectivity index (χ1) is 10.1. The number of methoxy groups -OCH3 is 2. The first kappa shape index (κ1) is 15.4. The van der Waals surface area contributed by atoms with Crippen LogP contribution in [0.2, 0.25) is 0 Å². The number of para-hydroxylation sites is 1.